The number of benzene rings is 1. The highest BCUT2D eigenvalue weighted by molar-refractivity contribution is 6.21. The SMILES string of the molecule is Cc1cc(OCCN(C)C)ccc1Nc1oc(C=C2C=Nc3ncccc32)c(O)c1C(=O)OCC1CC1. The summed E-state index contributed by atoms with van der Waals surface area (Å²) in [5, 5.41) is 14.2. The topological polar surface area (TPSA) is 109 Å². The predicted molar refractivity (Wildman–Crippen MR) is 142 cm³/mol. The van der Waals surface area contributed by atoms with E-state index in [0.717, 1.165) is 36.3 Å². The molecule has 3 aromatic rings. The average Bonchev–Trinajstić information content (AvgIpc) is 3.54. The maximum absolute atomic E-state index is 13.0. The van der Waals surface area contributed by atoms with E-state index < -0.39 is 5.97 Å². The third-order valence-corrected chi connectivity index (χ3v) is 6.22. The number of hydrogen-bond acceptors (Lipinski definition) is 9. The fourth-order valence-electron chi connectivity index (χ4n) is 3.88. The molecule has 9 nitrogen and oxygen atoms in total. The van der Waals surface area contributed by atoms with Crippen molar-refractivity contribution in [2.24, 2.45) is 10.9 Å². The number of aryl methyl sites for hydroxylation is 1. The molecule has 1 fully saturated rings. The second kappa shape index (κ2) is 10.5. The van der Waals surface area contributed by atoms with Crippen LogP contribution in [-0.4, -0.2) is 61.0 Å². The van der Waals surface area contributed by atoms with Crippen molar-refractivity contribution in [1.29, 1.82) is 0 Å². The summed E-state index contributed by atoms with van der Waals surface area (Å²) in [6.45, 7) is 3.63. The third-order valence-electron chi connectivity index (χ3n) is 6.22. The van der Waals surface area contributed by atoms with Gasteiger partial charge in [0.1, 0.15) is 12.4 Å². The number of ether oxygens (including phenoxy) is 2. The fourth-order valence-corrected chi connectivity index (χ4v) is 3.88. The number of nitrogens with one attached hydrogen (secondary N) is 1. The van der Waals surface area contributed by atoms with Crippen LogP contribution >= 0.6 is 0 Å². The van der Waals surface area contributed by atoms with E-state index in [2.05, 4.69) is 20.2 Å². The number of furan rings is 1. The van der Waals surface area contributed by atoms with Crippen molar-refractivity contribution in [3.8, 4) is 11.5 Å². The van der Waals surface area contributed by atoms with Crippen LogP contribution in [0, 0.1) is 12.8 Å². The van der Waals surface area contributed by atoms with E-state index in [1.165, 1.54) is 0 Å². The molecule has 0 amide bonds. The molecule has 37 heavy (non-hydrogen) atoms. The molecule has 1 aliphatic carbocycles. The van der Waals surface area contributed by atoms with Gasteiger partial charge in [0.2, 0.25) is 5.88 Å². The summed E-state index contributed by atoms with van der Waals surface area (Å²) < 4.78 is 17.3. The first-order chi connectivity index (χ1) is 17.9. The van der Waals surface area contributed by atoms with Gasteiger partial charge in [0.05, 0.1) is 6.61 Å². The van der Waals surface area contributed by atoms with Crippen LogP contribution in [0.25, 0.3) is 11.6 Å². The van der Waals surface area contributed by atoms with E-state index in [1.54, 1.807) is 18.5 Å². The highest BCUT2D eigenvalue weighted by Crippen LogP contribution is 2.40. The summed E-state index contributed by atoms with van der Waals surface area (Å²) >= 11 is 0. The number of rotatable bonds is 10. The Balaban J connectivity index is 1.43. The Morgan fingerprint density at radius 2 is 2.14 bits per heavy atom. The molecule has 1 aromatic carbocycles. The minimum Gasteiger partial charge on any atom is -0.504 e. The van der Waals surface area contributed by atoms with Crippen molar-refractivity contribution in [3.63, 3.8) is 0 Å². The molecule has 3 heterocycles. The second-order valence-corrected chi connectivity index (χ2v) is 9.55. The second-order valence-electron chi connectivity index (χ2n) is 9.55. The molecule has 192 valence electrons. The molecule has 9 heteroatoms. The Labute approximate surface area is 215 Å². The molecule has 2 aromatic heterocycles. The normalized spacial score (nSPS) is 15.3. The molecule has 2 N–H and O–H groups in total. The zero-order chi connectivity index (χ0) is 25.9. The highest BCUT2D eigenvalue weighted by atomic mass is 16.5. The maximum atomic E-state index is 13.0. The smallest absolute Gasteiger partial charge is 0.347 e. The van der Waals surface area contributed by atoms with Gasteiger partial charge in [-0.25, -0.2) is 14.8 Å². The van der Waals surface area contributed by atoms with Gasteiger partial charge in [-0.3, -0.25) is 0 Å². The minimum absolute atomic E-state index is 0.0421. The van der Waals surface area contributed by atoms with Crippen LogP contribution < -0.4 is 10.1 Å². The van der Waals surface area contributed by atoms with Crippen molar-refractivity contribution in [1.82, 2.24) is 9.88 Å². The molecule has 0 radical (unpaired) electrons. The van der Waals surface area contributed by atoms with Gasteiger partial charge in [-0.1, -0.05) is 0 Å². The van der Waals surface area contributed by atoms with E-state index in [1.807, 2.05) is 51.4 Å². The van der Waals surface area contributed by atoms with Crippen molar-refractivity contribution < 1.29 is 23.8 Å². The quantitative estimate of drug-likeness (QED) is 0.364. The number of carbonyl (C=O) groups excluding carboxylic acids is 1. The number of esters is 1. The van der Waals surface area contributed by atoms with E-state index in [0.29, 0.717) is 36.2 Å². The van der Waals surface area contributed by atoms with Gasteiger partial charge in [-0.15, -0.1) is 0 Å². The molecule has 0 spiro atoms. The Kier molecular flexibility index (Phi) is 6.96. The lowest BCUT2D eigenvalue weighted by atomic mass is 10.1. The lowest BCUT2D eigenvalue weighted by Gasteiger charge is -2.13. The van der Waals surface area contributed by atoms with Crippen LogP contribution in [0.3, 0.4) is 0 Å². The van der Waals surface area contributed by atoms with Crippen LogP contribution in [-0.2, 0) is 4.74 Å². The molecule has 5 rings (SSSR count). The largest absolute Gasteiger partial charge is 0.504 e. The minimum atomic E-state index is -0.635. The molecule has 2 aliphatic rings. The van der Waals surface area contributed by atoms with E-state index >= 15 is 0 Å². The summed E-state index contributed by atoms with van der Waals surface area (Å²) in [4.78, 5) is 23.6. The third kappa shape index (κ3) is 5.67. The molecule has 1 saturated carbocycles. The lowest BCUT2D eigenvalue weighted by molar-refractivity contribution is 0.0484. The number of nitrogens with zero attached hydrogens (tertiary/aromatic N) is 3. The van der Waals surface area contributed by atoms with Gasteiger partial charge >= 0.3 is 5.97 Å². The fraction of sp³-hybridized carbons (Fsp3) is 0.321. The zero-order valence-corrected chi connectivity index (χ0v) is 21.2. The van der Waals surface area contributed by atoms with Crippen LogP contribution in [0.2, 0.25) is 0 Å². The molecule has 0 atom stereocenters. The molecule has 1 aliphatic heterocycles. The number of allylic oxidation sites excluding steroid dienone is 1. The number of aromatic nitrogens is 1. The van der Waals surface area contributed by atoms with E-state index in [9.17, 15) is 9.90 Å². The molecular formula is C28H30N4O5. The molecule has 0 bridgehead atoms. The molecular weight excluding hydrogens is 472 g/mol. The number of likely N-dealkylation sites (N-methyl/N-ethyl adjacent to an activating group) is 1. The summed E-state index contributed by atoms with van der Waals surface area (Å²) in [5.74, 6) is 1.03. The monoisotopic (exact) mass is 502 g/mol. The first kappa shape index (κ1) is 24.6. The number of fused-ring (bicyclic) bond motifs is 1. The van der Waals surface area contributed by atoms with Gasteiger partial charge in [0.15, 0.2) is 22.9 Å². The molecule has 0 saturated heterocycles. The Morgan fingerprint density at radius 3 is 2.89 bits per heavy atom. The van der Waals surface area contributed by atoms with E-state index in [4.69, 9.17) is 13.9 Å². The number of hydrogen-bond donors (Lipinski definition) is 2. The van der Waals surface area contributed by atoms with Crippen LogP contribution in [0.1, 0.15) is 40.1 Å². The van der Waals surface area contributed by atoms with Gasteiger partial charge in [-0.05, 0) is 81.7 Å². The zero-order valence-electron chi connectivity index (χ0n) is 21.2. The van der Waals surface area contributed by atoms with Crippen molar-refractivity contribution in [2.45, 2.75) is 19.8 Å². The Morgan fingerprint density at radius 1 is 1.30 bits per heavy atom. The van der Waals surface area contributed by atoms with Crippen molar-refractivity contribution >= 4 is 41.2 Å². The Hall–Kier alpha value is -4.11. The van der Waals surface area contributed by atoms with E-state index in [-0.39, 0.29) is 23.0 Å². The van der Waals surface area contributed by atoms with Crippen LogP contribution in [0.4, 0.5) is 17.4 Å². The first-order valence-electron chi connectivity index (χ1n) is 12.3. The standard InChI is InChI=1S/C28H30N4O5/c1-17-13-20(35-12-11-32(2)3)8-9-22(17)31-27-24(28(34)36-16-18-6-7-18)25(33)23(37-27)14-19-15-30-26-21(19)5-4-10-29-26/h4-5,8-10,13-15,18,31,33H,6-7,11-12,16H2,1-3H3. The Bertz CT molecular complexity index is 1370. The van der Waals surface area contributed by atoms with Crippen LogP contribution in [0.5, 0.6) is 11.5 Å². The predicted octanol–water partition coefficient (Wildman–Crippen LogP) is 5.20. The van der Waals surface area contributed by atoms with Gasteiger partial charge < -0.3 is 29.2 Å². The highest BCUT2D eigenvalue weighted by Gasteiger charge is 2.30. The average molecular weight is 503 g/mol. The van der Waals surface area contributed by atoms with Crippen LogP contribution in [0.15, 0.2) is 45.9 Å². The van der Waals surface area contributed by atoms with Crippen molar-refractivity contribution in [3.05, 3.63) is 59.0 Å². The van der Waals surface area contributed by atoms with Gasteiger partial charge in [0.25, 0.3) is 0 Å². The summed E-state index contributed by atoms with van der Waals surface area (Å²) in [5.41, 5.74) is 3.08. The molecule has 0 unspecified atom stereocenters. The number of anilines is 2. The maximum Gasteiger partial charge on any atom is 0.347 e. The number of carbonyl (C=O) groups is 1. The number of pyridine rings is 1. The van der Waals surface area contributed by atoms with Gasteiger partial charge in [-0.2, -0.15) is 0 Å². The summed E-state index contributed by atoms with van der Waals surface area (Å²) in [6.07, 6.45) is 7.05. The first-order valence-corrected chi connectivity index (χ1v) is 12.3. The number of aromatic hydroxyl groups is 1. The summed E-state index contributed by atoms with van der Waals surface area (Å²) in [7, 11) is 3.99. The summed E-state index contributed by atoms with van der Waals surface area (Å²) in [6, 6.07) is 9.31. The lowest BCUT2D eigenvalue weighted by Crippen LogP contribution is -2.19. The van der Waals surface area contributed by atoms with Gasteiger partial charge in [0, 0.05) is 35.8 Å². The van der Waals surface area contributed by atoms with Crippen molar-refractivity contribution in [2.75, 3.05) is 39.2 Å². The number of aliphatic imine (C=N–C) groups is 1.